The van der Waals surface area contributed by atoms with Gasteiger partial charge in [-0.05, 0) is 44.9 Å². The molecule has 0 spiro atoms. The highest BCUT2D eigenvalue weighted by Gasteiger charge is 2.23. The third-order valence-electron chi connectivity index (χ3n) is 4.78. The molecule has 3 rings (SSSR count). The summed E-state index contributed by atoms with van der Waals surface area (Å²) in [6, 6.07) is 25.8. The van der Waals surface area contributed by atoms with E-state index in [1.165, 1.54) is 0 Å². The van der Waals surface area contributed by atoms with Crippen LogP contribution in [0, 0.1) is 0 Å². The topological polar surface area (TPSA) is 47.6 Å². The third kappa shape index (κ3) is 6.94. The number of ether oxygens (including phenoxy) is 2. The molecule has 0 aliphatic heterocycles. The number of hydrogen-bond acceptors (Lipinski definition) is 3. The summed E-state index contributed by atoms with van der Waals surface area (Å²) in [5, 5.41) is 0. The molecule has 2 unspecified atom stereocenters. The van der Waals surface area contributed by atoms with Gasteiger partial charge >= 0.3 is 0 Å². The molecule has 5 heteroatoms. The zero-order chi connectivity index (χ0) is 22.3. The lowest BCUT2D eigenvalue weighted by Crippen LogP contribution is -2.34. The number of nitrogens with one attached hydrogen (secondary N) is 1. The molecule has 164 valence electrons. The third-order valence-corrected chi connectivity index (χ3v) is 6.46. The fourth-order valence-corrected chi connectivity index (χ4v) is 3.77. The van der Waals surface area contributed by atoms with Crippen LogP contribution >= 0.6 is 0 Å². The molecule has 4 nitrogen and oxygen atoms in total. The second-order valence-corrected chi connectivity index (χ2v) is 10.5. The van der Waals surface area contributed by atoms with Gasteiger partial charge in [-0.2, -0.15) is 0 Å². The Morgan fingerprint density at radius 1 is 0.839 bits per heavy atom. The van der Waals surface area contributed by atoms with E-state index in [0.717, 1.165) is 28.2 Å². The monoisotopic (exact) mass is 437 g/mol. The Balaban J connectivity index is 1.79. The maximum atomic E-state index is 12.6. The molecule has 2 atom stereocenters. The van der Waals surface area contributed by atoms with Crippen molar-refractivity contribution < 1.29 is 13.7 Å². The second kappa shape index (κ2) is 10.6. The molecule has 0 radical (unpaired) electrons. The Morgan fingerprint density at radius 3 is 1.94 bits per heavy atom. The summed E-state index contributed by atoms with van der Waals surface area (Å²) in [5.74, 6) is 1.46. The molecule has 0 amide bonds. The standard InChI is InChI=1S/C26H31NO3S/c1-20(27-31(28)26(2,3)4)24-16-15-23(29-18-21-11-7-5-8-12-21)17-25(24)30-19-22-13-9-6-10-14-22/h5-17,20,27H,18-19H2,1-4H3. The van der Waals surface area contributed by atoms with Crippen molar-refractivity contribution in [2.45, 2.75) is 51.7 Å². The lowest BCUT2D eigenvalue weighted by atomic mass is 10.1. The van der Waals surface area contributed by atoms with E-state index >= 15 is 0 Å². The molecule has 0 aliphatic carbocycles. The highest BCUT2D eigenvalue weighted by molar-refractivity contribution is 7.84. The highest BCUT2D eigenvalue weighted by atomic mass is 32.2. The minimum atomic E-state index is -1.19. The van der Waals surface area contributed by atoms with Crippen LogP contribution < -0.4 is 14.2 Å². The van der Waals surface area contributed by atoms with Gasteiger partial charge in [-0.1, -0.05) is 66.7 Å². The molecule has 0 bridgehead atoms. The molecule has 31 heavy (non-hydrogen) atoms. The largest absolute Gasteiger partial charge is 0.489 e. The van der Waals surface area contributed by atoms with Crippen molar-refractivity contribution in [2.24, 2.45) is 0 Å². The normalized spacial score (nSPS) is 13.4. The average molecular weight is 438 g/mol. The van der Waals surface area contributed by atoms with E-state index in [2.05, 4.69) is 4.72 Å². The Kier molecular flexibility index (Phi) is 7.88. The number of benzene rings is 3. The van der Waals surface area contributed by atoms with Crippen LogP contribution in [0.4, 0.5) is 0 Å². The van der Waals surface area contributed by atoms with Gasteiger partial charge in [-0.25, -0.2) is 8.93 Å². The lowest BCUT2D eigenvalue weighted by Gasteiger charge is -2.24. The van der Waals surface area contributed by atoms with E-state index in [4.69, 9.17) is 9.47 Å². The molecule has 1 N–H and O–H groups in total. The molecule has 3 aromatic rings. The van der Waals surface area contributed by atoms with Crippen LogP contribution in [0.1, 0.15) is 50.4 Å². The summed E-state index contributed by atoms with van der Waals surface area (Å²) in [7, 11) is -1.19. The lowest BCUT2D eigenvalue weighted by molar-refractivity contribution is 0.286. The van der Waals surface area contributed by atoms with Crippen molar-refractivity contribution in [1.82, 2.24) is 4.72 Å². The van der Waals surface area contributed by atoms with Crippen LogP contribution in [0.25, 0.3) is 0 Å². The average Bonchev–Trinajstić information content (AvgIpc) is 2.77. The van der Waals surface area contributed by atoms with Gasteiger partial charge in [-0.3, -0.25) is 0 Å². The van der Waals surface area contributed by atoms with Gasteiger partial charge in [0.2, 0.25) is 0 Å². The van der Waals surface area contributed by atoms with Crippen LogP contribution in [0.5, 0.6) is 11.5 Å². The fourth-order valence-electron chi connectivity index (χ4n) is 2.96. The fraction of sp³-hybridized carbons (Fsp3) is 0.308. The first-order valence-corrected chi connectivity index (χ1v) is 11.6. The molecule has 3 aromatic carbocycles. The minimum absolute atomic E-state index is 0.144. The Morgan fingerprint density at radius 2 is 1.39 bits per heavy atom. The van der Waals surface area contributed by atoms with Crippen LogP contribution in [-0.2, 0) is 24.2 Å². The Labute approximate surface area is 188 Å². The van der Waals surface area contributed by atoms with Crippen LogP contribution in [0.2, 0.25) is 0 Å². The van der Waals surface area contributed by atoms with E-state index in [1.54, 1.807) is 0 Å². The molecule has 0 aliphatic rings. The zero-order valence-corrected chi connectivity index (χ0v) is 19.4. The Hall–Kier alpha value is -2.63. The summed E-state index contributed by atoms with van der Waals surface area (Å²) < 4.78 is 27.6. The van der Waals surface area contributed by atoms with E-state index in [9.17, 15) is 4.21 Å². The molecule has 0 aromatic heterocycles. The molecule has 0 fully saturated rings. The van der Waals surface area contributed by atoms with Gasteiger partial charge < -0.3 is 9.47 Å². The first-order chi connectivity index (χ1) is 14.8. The minimum Gasteiger partial charge on any atom is -0.489 e. The SMILES string of the molecule is CC(NS(=O)C(C)(C)C)c1ccc(OCc2ccccc2)cc1OCc1ccccc1. The maximum absolute atomic E-state index is 12.6. The van der Waals surface area contributed by atoms with Crippen molar-refractivity contribution in [3.63, 3.8) is 0 Å². The van der Waals surface area contributed by atoms with E-state index in [0.29, 0.717) is 13.2 Å². The predicted octanol–water partition coefficient (Wildman–Crippen LogP) is 5.96. The first-order valence-electron chi connectivity index (χ1n) is 10.5. The van der Waals surface area contributed by atoms with Crippen molar-refractivity contribution in [1.29, 1.82) is 0 Å². The molecular weight excluding hydrogens is 406 g/mol. The smallest absolute Gasteiger partial charge is 0.128 e. The van der Waals surface area contributed by atoms with Crippen molar-refractivity contribution in [3.8, 4) is 11.5 Å². The molecule has 0 heterocycles. The molecule has 0 saturated carbocycles. The molecular formula is C26H31NO3S. The highest BCUT2D eigenvalue weighted by Crippen LogP contribution is 2.31. The quantitative estimate of drug-likeness (QED) is 0.449. The number of hydrogen-bond donors (Lipinski definition) is 1. The first kappa shape index (κ1) is 23.0. The van der Waals surface area contributed by atoms with E-state index in [-0.39, 0.29) is 10.8 Å². The Bertz CT molecular complexity index is 985. The summed E-state index contributed by atoms with van der Waals surface area (Å²) in [5.41, 5.74) is 3.14. The van der Waals surface area contributed by atoms with Gasteiger partial charge in [0.15, 0.2) is 0 Å². The van der Waals surface area contributed by atoms with Crippen molar-refractivity contribution in [2.75, 3.05) is 0 Å². The van der Waals surface area contributed by atoms with Gasteiger partial charge in [0.05, 0.1) is 15.7 Å². The van der Waals surface area contributed by atoms with E-state index in [1.807, 2.05) is 107 Å². The summed E-state index contributed by atoms with van der Waals surface area (Å²) in [6.45, 7) is 8.80. The van der Waals surface area contributed by atoms with E-state index < -0.39 is 11.0 Å². The second-order valence-electron chi connectivity index (χ2n) is 8.47. The summed E-state index contributed by atoms with van der Waals surface area (Å²) in [4.78, 5) is 0. The van der Waals surface area contributed by atoms with Crippen molar-refractivity contribution >= 4 is 11.0 Å². The van der Waals surface area contributed by atoms with Crippen LogP contribution in [0.3, 0.4) is 0 Å². The van der Waals surface area contributed by atoms with Gasteiger partial charge in [0, 0.05) is 17.7 Å². The van der Waals surface area contributed by atoms with Gasteiger partial charge in [0.1, 0.15) is 24.7 Å². The van der Waals surface area contributed by atoms with Gasteiger partial charge in [0.25, 0.3) is 0 Å². The van der Waals surface area contributed by atoms with Crippen LogP contribution in [0.15, 0.2) is 78.9 Å². The summed E-state index contributed by atoms with van der Waals surface area (Å²) in [6.07, 6.45) is 0. The number of rotatable bonds is 9. The summed E-state index contributed by atoms with van der Waals surface area (Å²) >= 11 is 0. The maximum Gasteiger partial charge on any atom is 0.128 e. The zero-order valence-electron chi connectivity index (χ0n) is 18.6. The van der Waals surface area contributed by atoms with Gasteiger partial charge in [-0.15, -0.1) is 0 Å². The van der Waals surface area contributed by atoms with Crippen LogP contribution in [-0.4, -0.2) is 8.96 Å². The van der Waals surface area contributed by atoms with Crippen molar-refractivity contribution in [3.05, 3.63) is 95.6 Å². The predicted molar refractivity (Wildman–Crippen MR) is 127 cm³/mol. The molecule has 0 saturated heterocycles.